The van der Waals surface area contributed by atoms with Crippen LogP contribution in [0.2, 0.25) is 0 Å². The van der Waals surface area contributed by atoms with E-state index in [1.165, 1.54) is 6.07 Å². The smallest absolute Gasteiger partial charge is 0.294 e. The molecule has 0 fully saturated rings. The van der Waals surface area contributed by atoms with Crippen LogP contribution < -0.4 is 5.14 Å². The van der Waals surface area contributed by atoms with E-state index in [0.29, 0.717) is 0 Å². The number of hydrogen-bond acceptors (Lipinski definition) is 5. The molecule has 0 aromatic heterocycles. The Bertz CT molecular complexity index is 865. The molecule has 2 rings (SSSR count). The number of phenols is 1. The van der Waals surface area contributed by atoms with Crippen molar-refractivity contribution in [3.63, 3.8) is 0 Å². The molecule has 0 amide bonds. The second-order valence-electron chi connectivity index (χ2n) is 3.85. The number of nitrogens with two attached hydrogens (primary N) is 1. The minimum Gasteiger partial charge on any atom is -0.507 e. The quantitative estimate of drug-likeness (QED) is 0.689. The van der Waals surface area contributed by atoms with Gasteiger partial charge in [0, 0.05) is 11.5 Å². The highest BCUT2D eigenvalue weighted by Gasteiger charge is 2.15. The molecule has 7 nitrogen and oxygen atoms in total. The second kappa shape index (κ2) is 4.17. The van der Waals surface area contributed by atoms with Crippen LogP contribution in [0.1, 0.15) is 0 Å². The van der Waals surface area contributed by atoms with Gasteiger partial charge in [-0.05, 0) is 29.7 Å². The number of hydrogen-bond donors (Lipinski definition) is 3. The van der Waals surface area contributed by atoms with Crippen LogP contribution in [-0.2, 0) is 20.1 Å². The maximum absolute atomic E-state index is 11.2. The summed E-state index contributed by atoms with van der Waals surface area (Å²) in [6.45, 7) is 0. The molecule has 0 aliphatic heterocycles. The molecule has 19 heavy (non-hydrogen) atoms. The summed E-state index contributed by atoms with van der Waals surface area (Å²) in [7, 11) is -8.45. The second-order valence-corrected chi connectivity index (χ2v) is 6.83. The normalized spacial score (nSPS) is 12.7. The van der Waals surface area contributed by atoms with Crippen molar-refractivity contribution in [1.82, 2.24) is 0 Å². The van der Waals surface area contributed by atoms with Crippen LogP contribution in [0, 0.1) is 0 Å². The number of rotatable bonds is 2. The molecule has 0 bridgehead atoms. The molecule has 0 saturated carbocycles. The summed E-state index contributed by atoms with van der Waals surface area (Å²) in [6.07, 6.45) is 0. The van der Waals surface area contributed by atoms with Gasteiger partial charge in [0.15, 0.2) is 0 Å². The van der Waals surface area contributed by atoms with Gasteiger partial charge in [-0.3, -0.25) is 4.55 Å². The summed E-state index contributed by atoms with van der Waals surface area (Å²) in [5.41, 5.74) is 0. The van der Waals surface area contributed by atoms with E-state index in [4.69, 9.17) is 9.69 Å². The minimum atomic E-state index is -4.42. The molecule has 4 N–H and O–H groups in total. The lowest BCUT2D eigenvalue weighted by Crippen LogP contribution is -2.12. The molecule has 0 radical (unpaired) electrons. The highest BCUT2D eigenvalue weighted by Crippen LogP contribution is 2.29. The average Bonchev–Trinajstić information content (AvgIpc) is 2.25. The third-order valence-corrected chi connectivity index (χ3v) is 4.24. The summed E-state index contributed by atoms with van der Waals surface area (Å²) in [4.78, 5) is -0.768. The SMILES string of the molecule is NS(=O)(=O)c1cc(O)c2ccc(S(=O)(=O)O)cc2c1. The Morgan fingerprint density at radius 3 is 2.05 bits per heavy atom. The topological polar surface area (TPSA) is 135 Å². The van der Waals surface area contributed by atoms with Crippen LogP contribution in [0.5, 0.6) is 5.75 Å². The highest BCUT2D eigenvalue weighted by molar-refractivity contribution is 7.89. The third-order valence-electron chi connectivity index (χ3n) is 2.50. The minimum absolute atomic E-state index is 0.124. The fourth-order valence-corrected chi connectivity index (χ4v) is 2.71. The van der Waals surface area contributed by atoms with E-state index in [2.05, 4.69) is 0 Å². The lowest BCUT2D eigenvalue weighted by molar-refractivity contribution is 0.478. The fourth-order valence-electron chi connectivity index (χ4n) is 1.63. The van der Waals surface area contributed by atoms with E-state index >= 15 is 0 Å². The molecule has 0 aliphatic rings. The Hall–Kier alpha value is -1.68. The monoisotopic (exact) mass is 303 g/mol. The Morgan fingerprint density at radius 2 is 1.53 bits per heavy atom. The molecular formula is C10H9NO6S2. The standard InChI is InChI=1S/C10H9NO6S2/c11-18(13,14)8-4-6-3-7(19(15,16)17)1-2-9(6)10(12)5-8/h1-5,12H,(H2,11,13,14)(H,15,16,17). The Balaban J connectivity index is 2.85. The molecule has 9 heteroatoms. The van der Waals surface area contributed by atoms with Gasteiger partial charge in [-0.25, -0.2) is 13.6 Å². The predicted octanol–water partition coefficient (Wildman–Crippen LogP) is 0.440. The molecule has 102 valence electrons. The average molecular weight is 303 g/mol. The molecule has 0 aliphatic carbocycles. The zero-order chi connectivity index (χ0) is 14.4. The molecular weight excluding hydrogens is 294 g/mol. The summed E-state index contributed by atoms with van der Waals surface area (Å²) in [5, 5.41) is 15.0. The van der Waals surface area contributed by atoms with Gasteiger partial charge in [-0.1, -0.05) is 0 Å². The van der Waals surface area contributed by atoms with Crippen molar-refractivity contribution in [3.05, 3.63) is 30.3 Å². The lowest BCUT2D eigenvalue weighted by atomic mass is 10.1. The molecule has 0 saturated heterocycles. The largest absolute Gasteiger partial charge is 0.507 e. The van der Waals surface area contributed by atoms with E-state index in [0.717, 1.165) is 24.3 Å². The number of sulfonamides is 1. The van der Waals surface area contributed by atoms with Crippen LogP contribution in [-0.4, -0.2) is 26.5 Å². The number of benzene rings is 2. The van der Waals surface area contributed by atoms with E-state index in [1.54, 1.807) is 0 Å². The van der Waals surface area contributed by atoms with Crippen LogP contribution in [0.15, 0.2) is 40.1 Å². The van der Waals surface area contributed by atoms with Crippen molar-refractivity contribution < 1.29 is 26.5 Å². The molecule has 0 atom stereocenters. The zero-order valence-corrected chi connectivity index (χ0v) is 10.9. The highest BCUT2D eigenvalue weighted by atomic mass is 32.2. The molecule has 2 aromatic rings. The van der Waals surface area contributed by atoms with Crippen molar-refractivity contribution in [1.29, 1.82) is 0 Å². The van der Waals surface area contributed by atoms with Crippen LogP contribution in [0.4, 0.5) is 0 Å². The van der Waals surface area contributed by atoms with E-state index in [1.807, 2.05) is 0 Å². The van der Waals surface area contributed by atoms with Gasteiger partial charge in [-0.2, -0.15) is 8.42 Å². The van der Waals surface area contributed by atoms with Gasteiger partial charge in [-0.15, -0.1) is 0 Å². The Kier molecular flexibility index (Phi) is 3.01. The maximum Gasteiger partial charge on any atom is 0.294 e. The lowest BCUT2D eigenvalue weighted by Gasteiger charge is -2.06. The van der Waals surface area contributed by atoms with Crippen molar-refractivity contribution in [3.8, 4) is 5.75 Å². The van der Waals surface area contributed by atoms with E-state index in [-0.39, 0.29) is 21.4 Å². The van der Waals surface area contributed by atoms with Crippen LogP contribution in [0.3, 0.4) is 0 Å². The summed E-state index contributed by atoms with van der Waals surface area (Å²) < 4.78 is 53.3. The first-order valence-electron chi connectivity index (χ1n) is 4.86. The molecule has 0 unspecified atom stereocenters. The first kappa shape index (κ1) is 13.7. The summed E-state index contributed by atoms with van der Waals surface area (Å²) in [6, 6.07) is 5.46. The molecule has 0 heterocycles. The van der Waals surface area contributed by atoms with Gasteiger partial charge in [0.2, 0.25) is 10.0 Å². The number of primary sulfonamides is 1. The summed E-state index contributed by atoms with van der Waals surface area (Å²) >= 11 is 0. The maximum atomic E-state index is 11.2. The fraction of sp³-hybridized carbons (Fsp3) is 0. The van der Waals surface area contributed by atoms with Gasteiger partial charge < -0.3 is 5.11 Å². The van der Waals surface area contributed by atoms with Crippen LogP contribution >= 0.6 is 0 Å². The number of phenolic OH excluding ortho intramolecular Hbond substituents is 1. The van der Waals surface area contributed by atoms with Crippen LogP contribution in [0.25, 0.3) is 10.8 Å². The van der Waals surface area contributed by atoms with E-state index < -0.39 is 25.0 Å². The first-order chi connectivity index (χ1) is 8.59. The first-order valence-corrected chi connectivity index (χ1v) is 7.85. The van der Waals surface area contributed by atoms with Gasteiger partial charge in [0.05, 0.1) is 9.79 Å². The van der Waals surface area contributed by atoms with Gasteiger partial charge >= 0.3 is 0 Å². The zero-order valence-electron chi connectivity index (χ0n) is 9.31. The van der Waals surface area contributed by atoms with Gasteiger partial charge in [0.1, 0.15) is 5.75 Å². The van der Waals surface area contributed by atoms with Crippen molar-refractivity contribution in [2.24, 2.45) is 5.14 Å². The van der Waals surface area contributed by atoms with Crippen molar-refractivity contribution in [2.45, 2.75) is 9.79 Å². The predicted molar refractivity (Wildman–Crippen MR) is 66.8 cm³/mol. The number of aromatic hydroxyl groups is 1. The molecule has 0 spiro atoms. The third kappa shape index (κ3) is 2.68. The summed E-state index contributed by atoms with van der Waals surface area (Å²) in [5.74, 6) is -0.358. The van der Waals surface area contributed by atoms with Gasteiger partial charge in [0.25, 0.3) is 10.1 Å². The number of fused-ring (bicyclic) bond motifs is 1. The Labute approximate surface area is 109 Å². The van der Waals surface area contributed by atoms with Crippen molar-refractivity contribution >= 4 is 30.9 Å². The Morgan fingerprint density at radius 1 is 0.947 bits per heavy atom. The van der Waals surface area contributed by atoms with Crippen molar-refractivity contribution in [2.75, 3.05) is 0 Å². The molecule has 2 aromatic carbocycles. The van der Waals surface area contributed by atoms with E-state index in [9.17, 15) is 21.9 Å².